The minimum absolute atomic E-state index is 0.0361. The number of fused-ring (bicyclic) bond motifs is 4. The molecule has 0 bridgehead atoms. The highest BCUT2D eigenvalue weighted by atomic mass is 16.5. The molecule has 0 aromatic heterocycles. The highest BCUT2D eigenvalue weighted by Crippen LogP contribution is 2.46. The minimum Gasteiger partial charge on any atom is -0.492 e. The van der Waals surface area contributed by atoms with Gasteiger partial charge >= 0.3 is 5.97 Å². The molecule has 0 amide bonds. The average molecular weight is 406 g/mol. The first kappa shape index (κ1) is 20.3. The number of carbonyl (C=O) groups excluding carboxylic acids is 1. The second kappa shape index (κ2) is 8.41. The Morgan fingerprint density at radius 3 is 2.83 bits per heavy atom. The first-order valence-corrected chi connectivity index (χ1v) is 10.4. The molecule has 2 heterocycles. The molecular weight excluding hydrogens is 380 g/mol. The summed E-state index contributed by atoms with van der Waals surface area (Å²) in [6.45, 7) is 6.37. The predicted octanol–water partition coefficient (Wildman–Crippen LogP) is 4.86. The fourth-order valence-electron chi connectivity index (χ4n) is 3.99. The quantitative estimate of drug-likeness (QED) is 0.583. The van der Waals surface area contributed by atoms with Crippen LogP contribution in [0, 0.1) is 18.8 Å². The molecule has 5 heteroatoms. The molecule has 1 N–H and O–H groups in total. The van der Waals surface area contributed by atoms with Crippen LogP contribution in [0.1, 0.15) is 71.6 Å². The van der Waals surface area contributed by atoms with Gasteiger partial charge in [-0.15, -0.1) is 0 Å². The molecule has 2 aromatic carbocycles. The fourth-order valence-corrected chi connectivity index (χ4v) is 3.99. The number of aryl methyl sites for hydroxylation is 1. The average Bonchev–Trinajstić information content (AvgIpc) is 3.08. The van der Waals surface area contributed by atoms with E-state index in [0.717, 1.165) is 35.1 Å². The van der Waals surface area contributed by atoms with Crippen LogP contribution in [0.3, 0.4) is 0 Å². The van der Waals surface area contributed by atoms with Gasteiger partial charge in [0.15, 0.2) is 0 Å². The highest BCUT2D eigenvalue weighted by molar-refractivity contribution is 5.97. The predicted molar refractivity (Wildman–Crippen MR) is 113 cm³/mol. The molecule has 0 saturated carbocycles. The van der Waals surface area contributed by atoms with Crippen LogP contribution in [0.4, 0.5) is 0 Å². The van der Waals surface area contributed by atoms with Gasteiger partial charge in [-0.1, -0.05) is 24.8 Å². The van der Waals surface area contributed by atoms with E-state index in [9.17, 15) is 9.90 Å². The molecule has 5 nitrogen and oxygen atoms in total. The maximum atomic E-state index is 12.9. The molecular formula is C25H26O5. The Morgan fingerprint density at radius 2 is 2.07 bits per heavy atom. The molecule has 2 atom stereocenters. The number of benzene rings is 2. The lowest BCUT2D eigenvalue weighted by Crippen LogP contribution is -2.13. The van der Waals surface area contributed by atoms with E-state index in [1.54, 1.807) is 13.0 Å². The summed E-state index contributed by atoms with van der Waals surface area (Å²) >= 11 is 0. The Bertz CT molecular complexity index is 1040. The van der Waals surface area contributed by atoms with Crippen molar-refractivity contribution in [2.24, 2.45) is 0 Å². The molecule has 30 heavy (non-hydrogen) atoms. The SMILES string of the molecule is CCCC#Cc1cc(C)cc2c1Oc1ccc3c(c1C(=O)OC2)OCC3CC(C)O. The third-order valence-corrected chi connectivity index (χ3v) is 5.33. The smallest absolute Gasteiger partial charge is 0.346 e. The van der Waals surface area contributed by atoms with E-state index in [-0.39, 0.29) is 12.5 Å². The van der Waals surface area contributed by atoms with Crippen LogP contribution in [0.25, 0.3) is 0 Å². The number of esters is 1. The van der Waals surface area contributed by atoms with Crippen LogP contribution in [0.5, 0.6) is 17.2 Å². The Hall–Kier alpha value is -2.97. The molecule has 0 radical (unpaired) electrons. The summed E-state index contributed by atoms with van der Waals surface area (Å²) in [6, 6.07) is 7.66. The van der Waals surface area contributed by atoms with Gasteiger partial charge in [0, 0.05) is 23.5 Å². The van der Waals surface area contributed by atoms with Crippen LogP contribution in [-0.4, -0.2) is 23.8 Å². The lowest BCUT2D eigenvalue weighted by Gasteiger charge is -2.21. The molecule has 4 rings (SSSR count). The Balaban J connectivity index is 1.79. The van der Waals surface area contributed by atoms with Gasteiger partial charge in [0.2, 0.25) is 0 Å². The van der Waals surface area contributed by atoms with Crippen LogP contribution >= 0.6 is 0 Å². The van der Waals surface area contributed by atoms with Crippen LogP contribution in [-0.2, 0) is 11.3 Å². The van der Waals surface area contributed by atoms with E-state index in [1.807, 2.05) is 25.1 Å². The van der Waals surface area contributed by atoms with Crippen LogP contribution in [0.2, 0.25) is 0 Å². The number of aliphatic hydroxyl groups excluding tert-OH is 1. The monoisotopic (exact) mass is 406 g/mol. The fraction of sp³-hybridized carbons (Fsp3) is 0.400. The van der Waals surface area contributed by atoms with Crippen molar-refractivity contribution in [2.75, 3.05) is 6.61 Å². The van der Waals surface area contributed by atoms with E-state index in [1.165, 1.54) is 0 Å². The Kier molecular flexibility index (Phi) is 5.69. The van der Waals surface area contributed by atoms with Gasteiger partial charge in [-0.3, -0.25) is 0 Å². The molecule has 0 spiro atoms. The minimum atomic E-state index is -0.467. The number of unbranched alkanes of at least 4 members (excludes halogenated alkanes) is 1. The first-order valence-electron chi connectivity index (χ1n) is 10.4. The number of cyclic esters (lactones) is 1. The van der Waals surface area contributed by atoms with Gasteiger partial charge in [-0.05, 0) is 50.5 Å². The molecule has 2 unspecified atom stereocenters. The molecule has 0 saturated heterocycles. The summed E-state index contributed by atoms with van der Waals surface area (Å²) in [6.07, 6.45) is 1.91. The van der Waals surface area contributed by atoms with Crippen molar-refractivity contribution < 1.29 is 24.1 Å². The molecule has 0 aliphatic carbocycles. The highest BCUT2D eigenvalue weighted by Gasteiger charge is 2.34. The number of ether oxygens (including phenoxy) is 3. The molecule has 0 fully saturated rings. The van der Waals surface area contributed by atoms with Gasteiger partial charge < -0.3 is 19.3 Å². The third kappa shape index (κ3) is 3.88. The normalized spacial score (nSPS) is 17.6. The number of hydrogen-bond donors (Lipinski definition) is 1. The number of hydrogen-bond acceptors (Lipinski definition) is 5. The lowest BCUT2D eigenvalue weighted by molar-refractivity contribution is 0.0455. The first-order chi connectivity index (χ1) is 14.5. The van der Waals surface area contributed by atoms with E-state index in [4.69, 9.17) is 14.2 Å². The second-order valence-electron chi connectivity index (χ2n) is 7.98. The van der Waals surface area contributed by atoms with Gasteiger partial charge in [0.25, 0.3) is 0 Å². The number of carbonyl (C=O) groups is 1. The summed E-state index contributed by atoms with van der Waals surface area (Å²) in [7, 11) is 0. The van der Waals surface area contributed by atoms with E-state index in [2.05, 4.69) is 18.8 Å². The zero-order chi connectivity index (χ0) is 21.3. The molecule has 2 aliphatic rings. The van der Waals surface area contributed by atoms with Crippen molar-refractivity contribution in [2.45, 2.75) is 58.7 Å². The Morgan fingerprint density at radius 1 is 1.23 bits per heavy atom. The molecule has 2 aliphatic heterocycles. The van der Waals surface area contributed by atoms with Gasteiger partial charge in [0.1, 0.15) is 29.4 Å². The Labute approximate surface area is 177 Å². The van der Waals surface area contributed by atoms with Gasteiger partial charge in [-0.2, -0.15) is 0 Å². The van der Waals surface area contributed by atoms with Gasteiger partial charge in [-0.25, -0.2) is 4.79 Å². The van der Waals surface area contributed by atoms with Crippen molar-refractivity contribution in [1.29, 1.82) is 0 Å². The maximum Gasteiger partial charge on any atom is 0.346 e. The van der Waals surface area contributed by atoms with Crippen molar-refractivity contribution in [3.63, 3.8) is 0 Å². The zero-order valence-electron chi connectivity index (χ0n) is 17.6. The molecule has 156 valence electrons. The van der Waals surface area contributed by atoms with E-state index >= 15 is 0 Å². The number of rotatable bonds is 3. The zero-order valence-corrected chi connectivity index (χ0v) is 17.6. The second-order valence-corrected chi connectivity index (χ2v) is 7.98. The number of aliphatic hydroxyl groups is 1. The summed E-state index contributed by atoms with van der Waals surface area (Å²) < 4.78 is 17.8. The van der Waals surface area contributed by atoms with E-state index in [0.29, 0.717) is 35.8 Å². The maximum absolute atomic E-state index is 12.9. The van der Waals surface area contributed by atoms with Crippen molar-refractivity contribution in [3.05, 3.63) is 52.1 Å². The third-order valence-electron chi connectivity index (χ3n) is 5.33. The van der Waals surface area contributed by atoms with Crippen LogP contribution in [0.15, 0.2) is 24.3 Å². The summed E-state index contributed by atoms with van der Waals surface area (Å²) in [5.74, 6) is 7.48. The summed E-state index contributed by atoms with van der Waals surface area (Å²) in [5, 5.41) is 9.78. The molecule has 2 aromatic rings. The summed E-state index contributed by atoms with van der Waals surface area (Å²) in [4.78, 5) is 12.9. The largest absolute Gasteiger partial charge is 0.492 e. The summed E-state index contributed by atoms with van der Waals surface area (Å²) in [5.41, 5.74) is 3.83. The topological polar surface area (TPSA) is 65.0 Å². The van der Waals surface area contributed by atoms with Crippen molar-refractivity contribution >= 4 is 5.97 Å². The van der Waals surface area contributed by atoms with E-state index < -0.39 is 12.1 Å². The van der Waals surface area contributed by atoms with Crippen molar-refractivity contribution in [3.8, 4) is 29.1 Å². The van der Waals surface area contributed by atoms with Crippen molar-refractivity contribution in [1.82, 2.24) is 0 Å². The van der Waals surface area contributed by atoms with Gasteiger partial charge in [0.05, 0.1) is 18.3 Å². The standard InChI is InChI=1S/C25H26O5/c1-4-5-6-7-17-10-15(2)11-19-14-29-25(27)22-21(30-23(17)19)9-8-20-18(12-16(3)26)13-28-24(20)22/h8-11,16,18,26H,4-5,12-14H2,1-3H3. The lowest BCUT2D eigenvalue weighted by atomic mass is 9.93. The van der Waals surface area contributed by atoms with Crippen LogP contribution < -0.4 is 9.47 Å².